The Kier molecular flexibility index (Phi) is 3.48. The maximum atomic E-state index is 4.39. The Morgan fingerprint density at radius 2 is 2.05 bits per heavy atom. The van der Waals surface area contributed by atoms with Crippen LogP contribution in [0.5, 0.6) is 0 Å². The summed E-state index contributed by atoms with van der Waals surface area (Å²) in [7, 11) is 0. The monoisotopic (exact) mass is 275 g/mol. The van der Waals surface area contributed by atoms with Crippen LogP contribution in [0.15, 0.2) is 0 Å². The van der Waals surface area contributed by atoms with Gasteiger partial charge in [0.25, 0.3) is 0 Å². The number of nitrogens with zero attached hydrogens (tertiary/aromatic N) is 4. The molecular weight excluding hydrogens is 250 g/mol. The zero-order chi connectivity index (χ0) is 13.4. The van der Waals surface area contributed by atoms with Crippen molar-refractivity contribution in [2.45, 2.75) is 70.1 Å². The van der Waals surface area contributed by atoms with Gasteiger partial charge in [-0.3, -0.25) is 0 Å². The van der Waals surface area contributed by atoms with Gasteiger partial charge >= 0.3 is 0 Å². The van der Waals surface area contributed by atoms with E-state index in [1.54, 1.807) is 0 Å². The fourth-order valence-electron chi connectivity index (χ4n) is 4.14. The first-order chi connectivity index (χ1) is 9.90. The molecule has 4 rings (SSSR count). The van der Waals surface area contributed by atoms with Crippen LogP contribution in [0.1, 0.15) is 50.2 Å². The summed E-state index contributed by atoms with van der Waals surface area (Å²) in [5.74, 6) is 2.34. The van der Waals surface area contributed by atoms with Crippen molar-refractivity contribution >= 4 is 0 Å². The SMILES string of the molecule is C1CCn2c(nnc2CNC2CCN3CCCC3C2)C1. The highest BCUT2D eigenvalue weighted by Crippen LogP contribution is 2.27. The first-order valence-corrected chi connectivity index (χ1v) is 8.28. The number of fused-ring (bicyclic) bond motifs is 2. The molecule has 20 heavy (non-hydrogen) atoms. The fraction of sp³-hybridized carbons (Fsp3) is 0.867. The highest BCUT2D eigenvalue weighted by Gasteiger charge is 2.31. The molecule has 0 aliphatic carbocycles. The molecule has 3 aliphatic rings. The van der Waals surface area contributed by atoms with Crippen LogP contribution < -0.4 is 5.32 Å². The molecule has 5 nitrogen and oxygen atoms in total. The first kappa shape index (κ1) is 12.8. The normalized spacial score (nSPS) is 30.2. The minimum Gasteiger partial charge on any atom is -0.314 e. The zero-order valence-electron chi connectivity index (χ0n) is 12.2. The van der Waals surface area contributed by atoms with Gasteiger partial charge in [0, 0.05) is 25.0 Å². The van der Waals surface area contributed by atoms with Gasteiger partial charge in [-0.1, -0.05) is 0 Å². The highest BCUT2D eigenvalue weighted by molar-refractivity contribution is 4.99. The summed E-state index contributed by atoms with van der Waals surface area (Å²) in [4.78, 5) is 2.68. The minimum atomic E-state index is 0.672. The topological polar surface area (TPSA) is 46.0 Å². The van der Waals surface area contributed by atoms with Gasteiger partial charge < -0.3 is 14.8 Å². The third kappa shape index (κ3) is 2.37. The summed E-state index contributed by atoms with van der Waals surface area (Å²) in [6.07, 6.45) is 9.06. The number of aryl methyl sites for hydroxylation is 1. The smallest absolute Gasteiger partial charge is 0.147 e. The summed E-state index contributed by atoms with van der Waals surface area (Å²) in [5.41, 5.74) is 0. The molecule has 4 heterocycles. The Morgan fingerprint density at radius 1 is 1.05 bits per heavy atom. The first-order valence-electron chi connectivity index (χ1n) is 8.28. The number of aromatic nitrogens is 3. The molecule has 5 heteroatoms. The van der Waals surface area contributed by atoms with Crippen molar-refractivity contribution in [1.82, 2.24) is 25.0 Å². The van der Waals surface area contributed by atoms with E-state index in [-0.39, 0.29) is 0 Å². The van der Waals surface area contributed by atoms with Crippen molar-refractivity contribution in [3.8, 4) is 0 Å². The van der Waals surface area contributed by atoms with Gasteiger partial charge in [-0.2, -0.15) is 0 Å². The van der Waals surface area contributed by atoms with E-state index in [9.17, 15) is 0 Å². The third-order valence-corrected chi connectivity index (χ3v) is 5.31. The summed E-state index contributed by atoms with van der Waals surface area (Å²) >= 11 is 0. The van der Waals surface area contributed by atoms with Crippen LogP contribution in [0.25, 0.3) is 0 Å². The molecule has 0 spiro atoms. The van der Waals surface area contributed by atoms with Gasteiger partial charge in [0.1, 0.15) is 11.6 Å². The molecule has 3 aliphatic heterocycles. The maximum absolute atomic E-state index is 4.39. The predicted molar refractivity (Wildman–Crippen MR) is 77.4 cm³/mol. The summed E-state index contributed by atoms with van der Waals surface area (Å²) in [6.45, 7) is 4.61. The van der Waals surface area contributed by atoms with E-state index in [2.05, 4.69) is 25.0 Å². The Morgan fingerprint density at radius 3 is 3.05 bits per heavy atom. The van der Waals surface area contributed by atoms with Crippen LogP contribution in [0, 0.1) is 0 Å². The highest BCUT2D eigenvalue weighted by atomic mass is 15.3. The second-order valence-corrected chi connectivity index (χ2v) is 6.58. The molecule has 1 aromatic heterocycles. The lowest BCUT2D eigenvalue weighted by atomic mass is 9.97. The van der Waals surface area contributed by atoms with Gasteiger partial charge in [0.05, 0.1) is 6.54 Å². The van der Waals surface area contributed by atoms with E-state index in [0.717, 1.165) is 31.4 Å². The quantitative estimate of drug-likeness (QED) is 0.904. The molecule has 0 saturated carbocycles. The van der Waals surface area contributed by atoms with Gasteiger partial charge in [-0.25, -0.2) is 0 Å². The molecule has 2 fully saturated rings. The van der Waals surface area contributed by atoms with Gasteiger partial charge in [-0.15, -0.1) is 10.2 Å². The van der Waals surface area contributed by atoms with Gasteiger partial charge in [0.15, 0.2) is 0 Å². The third-order valence-electron chi connectivity index (χ3n) is 5.31. The second kappa shape index (κ2) is 5.45. The number of hydrogen-bond acceptors (Lipinski definition) is 4. The number of piperidine rings is 1. The Bertz CT molecular complexity index is 469. The van der Waals surface area contributed by atoms with Crippen LogP contribution in [0.2, 0.25) is 0 Å². The summed E-state index contributed by atoms with van der Waals surface area (Å²) in [5, 5.41) is 12.5. The molecule has 0 radical (unpaired) electrons. The van der Waals surface area contributed by atoms with Crippen molar-refractivity contribution in [3.05, 3.63) is 11.6 Å². The van der Waals surface area contributed by atoms with Crippen LogP contribution in [0.4, 0.5) is 0 Å². The van der Waals surface area contributed by atoms with Crippen LogP contribution in [-0.4, -0.2) is 44.8 Å². The lowest BCUT2D eigenvalue weighted by Gasteiger charge is -2.35. The largest absolute Gasteiger partial charge is 0.314 e. The van der Waals surface area contributed by atoms with Crippen molar-refractivity contribution < 1.29 is 0 Å². The van der Waals surface area contributed by atoms with Crippen LogP contribution >= 0.6 is 0 Å². The average Bonchev–Trinajstić information content (AvgIpc) is 3.11. The molecule has 0 bridgehead atoms. The van der Waals surface area contributed by atoms with E-state index in [1.807, 2.05) is 0 Å². The van der Waals surface area contributed by atoms with Crippen molar-refractivity contribution in [2.24, 2.45) is 0 Å². The molecule has 2 unspecified atom stereocenters. The summed E-state index contributed by atoms with van der Waals surface area (Å²) < 4.78 is 2.33. The average molecular weight is 275 g/mol. The van der Waals surface area contributed by atoms with Crippen molar-refractivity contribution in [1.29, 1.82) is 0 Å². The molecule has 110 valence electrons. The summed E-state index contributed by atoms with van der Waals surface area (Å²) in [6, 6.07) is 1.51. The number of rotatable bonds is 3. The second-order valence-electron chi connectivity index (χ2n) is 6.58. The fourth-order valence-corrected chi connectivity index (χ4v) is 4.14. The zero-order valence-corrected chi connectivity index (χ0v) is 12.2. The minimum absolute atomic E-state index is 0.672. The molecule has 2 atom stereocenters. The molecule has 0 aromatic carbocycles. The van der Waals surface area contributed by atoms with Crippen molar-refractivity contribution in [2.75, 3.05) is 13.1 Å². The predicted octanol–water partition coefficient (Wildman–Crippen LogP) is 1.33. The van der Waals surface area contributed by atoms with Gasteiger partial charge in [-0.05, 0) is 51.6 Å². The Hall–Kier alpha value is -0.940. The van der Waals surface area contributed by atoms with E-state index >= 15 is 0 Å². The molecule has 1 N–H and O–H groups in total. The van der Waals surface area contributed by atoms with E-state index in [4.69, 9.17) is 0 Å². The van der Waals surface area contributed by atoms with E-state index in [1.165, 1.54) is 57.4 Å². The maximum Gasteiger partial charge on any atom is 0.147 e. The van der Waals surface area contributed by atoms with Crippen LogP contribution in [0.3, 0.4) is 0 Å². The van der Waals surface area contributed by atoms with E-state index < -0.39 is 0 Å². The molecule has 1 aromatic rings. The Balaban J connectivity index is 1.35. The molecule has 2 saturated heterocycles. The Labute approximate surface area is 120 Å². The number of nitrogens with one attached hydrogen (secondary N) is 1. The number of hydrogen-bond donors (Lipinski definition) is 1. The van der Waals surface area contributed by atoms with Gasteiger partial charge in [0.2, 0.25) is 0 Å². The van der Waals surface area contributed by atoms with Crippen LogP contribution in [-0.2, 0) is 19.5 Å². The lowest BCUT2D eigenvalue weighted by molar-refractivity contribution is 0.166. The molecular formula is C15H25N5. The van der Waals surface area contributed by atoms with Crippen molar-refractivity contribution in [3.63, 3.8) is 0 Å². The molecule has 0 amide bonds. The van der Waals surface area contributed by atoms with E-state index in [0.29, 0.717) is 6.04 Å². The standard InChI is InChI=1S/C15H25N5/c1-2-8-20-14(5-1)17-18-15(20)11-16-12-6-9-19-7-3-4-13(19)10-12/h12-13,16H,1-11H2. The lowest BCUT2D eigenvalue weighted by Crippen LogP contribution is -2.45.